The molecule has 1 atom stereocenters. The molecule has 0 aromatic carbocycles. The number of hydrogen-bond acceptors (Lipinski definition) is 2. The Labute approximate surface area is 102 Å². The molecule has 0 spiro atoms. The number of hydrogen-bond donors (Lipinski definition) is 1. The minimum absolute atomic E-state index is 0.590. The van der Waals surface area contributed by atoms with Crippen LogP contribution in [0.2, 0.25) is 5.02 Å². The van der Waals surface area contributed by atoms with Gasteiger partial charge in [-0.05, 0) is 37.3 Å². The molecule has 0 radical (unpaired) electrons. The van der Waals surface area contributed by atoms with E-state index in [1.165, 1.54) is 25.7 Å². The van der Waals surface area contributed by atoms with Crippen LogP contribution < -0.4 is 5.32 Å². The van der Waals surface area contributed by atoms with E-state index in [-0.39, 0.29) is 0 Å². The van der Waals surface area contributed by atoms with Crippen molar-refractivity contribution in [2.45, 2.75) is 45.2 Å². The van der Waals surface area contributed by atoms with Gasteiger partial charge in [0.25, 0.3) is 0 Å². The SMILES string of the molecule is CC(NCc1ccncc1Cl)C1CCCC1. The average Bonchev–Trinajstić information content (AvgIpc) is 2.81. The van der Waals surface area contributed by atoms with Crippen LogP contribution in [0.5, 0.6) is 0 Å². The minimum Gasteiger partial charge on any atom is -0.310 e. The van der Waals surface area contributed by atoms with Crippen molar-refractivity contribution >= 4 is 11.6 Å². The Morgan fingerprint density at radius 3 is 2.94 bits per heavy atom. The monoisotopic (exact) mass is 238 g/mol. The Hall–Kier alpha value is -0.600. The molecule has 0 amide bonds. The molecule has 1 saturated carbocycles. The summed E-state index contributed by atoms with van der Waals surface area (Å²) in [6.45, 7) is 3.13. The Bertz CT molecular complexity index is 334. The maximum Gasteiger partial charge on any atom is 0.0634 e. The van der Waals surface area contributed by atoms with Crippen molar-refractivity contribution in [1.82, 2.24) is 10.3 Å². The van der Waals surface area contributed by atoms with Gasteiger partial charge >= 0.3 is 0 Å². The first-order chi connectivity index (χ1) is 7.77. The van der Waals surface area contributed by atoms with Gasteiger partial charge in [-0.2, -0.15) is 0 Å². The van der Waals surface area contributed by atoms with Crippen LogP contribution >= 0.6 is 11.6 Å². The zero-order chi connectivity index (χ0) is 11.4. The number of halogens is 1. The fraction of sp³-hybridized carbons (Fsp3) is 0.615. The van der Waals surface area contributed by atoms with Crippen LogP contribution in [0.15, 0.2) is 18.5 Å². The Kier molecular flexibility index (Phi) is 4.19. The van der Waals surface area contributed by atoms with Crippen molar-refractivity contribution in [3.05, 3.63) is 29.0 Å². The highest BCUT2D eigenvalue weighted by molar-refractivity contribution is 6.31. The molecule has 3 heteroatoms. The number of nitrogens with zero attached hydrogens (tertiary/aromatic N) is 1. The second kappa shape index (κ2) is 5.65. The highest BCUT2D eigenvalue weighted by Gasteiger charge is 2.20. The molecule has 2 nitrogen and oxygen atoms in total. The van der Waals surface area contributed by atoms with E-state index in [1.54, 1.807) is 12.4 Å². The lowest BCUT2D eigenvalue weighted by atomic mass is 10.00. The molecule has 88 valence electrons. The average molecular weight is 239 g/mol. The second-order valence-corrected chi connectivity index (χ2v) is 5.09. The molecule has 1 unspecified atom stereocenters. The van der Waals surface area contributed by atoms with E-state index in [0.717, 1.165) is 23.0 Å². The summed E-state index contributed by atoms with van der Waals surface area (Å²) in [4.78, 5) is 3.99. The molecule has 0 saturated heterocycles. The molecule has 1 heterocycles. The van der Waals surface area contributed by atoms with Crippen molar-refractivity contribution in [3.8, 4) is 0 Å². The predicted molar refractivity (Wildman–Crippen MR) is 67.5 cm³/mol. The van der Waals surface area contributed by atoms with Gasteiger partial charge in [0, 0.05) is 25.0 Å². The molecule has 1 aromatic heterocycles. The number of rotatable bonds is 4. The third-order valence-corrected chi connectivity index (χ3v) is 3.92. The number of aromatic nitrogens is 1. The van der Waals surface area contributed by atoms with E-state index < -0.39 is 0 Å². The van der Waals surface area contributed by atoms with Crippen LogP contribution in [-0.2, 0) is 6.54 Å². The van der Waals surface area contributed by atoms with Crippen LogP contribution in [-0.4, -0.2) is 11.0 Å². The van der Waals surface area contributed by atoms with Crippen molar-refractivity contribution in [2.24, 2.45) is 5.92 Å². The lowest BCUT2D eigenvalue weighted by Gasteiger charge is -2.20. The summed E-state index contributed by atoms with van der Waals surface area (Å²) in [7, 11) is 0. The van der Waals surface area contributed by atoms with Crippen molar-refractivity contribution in [3.63, 3.8) is 0 Å². The Morgan fingerprint density at radius 2 is 2.25 bits per heavy atom. The van der Waals surface area contributed by atoms with Gasteiger partial charge in [0.05, 0.1) is 5.02 Å². The molecule has 1 aliphatic carbocycles. The van der Waals surface area contributed by atoms with Gasteiger partial charge in [0.1, 0.15) is 0 Å². The third-order valence-electron chi connectivity index (χ3n) is 3.58. The summed E-state index contributed by atoms with van der Waals surface area (Å²) in [6.07, 6.45) is 9.04. The largest absolute Gasteiger partial charge is 0.310 e. The Morgan fingerprint density at radius 1 is 1.50 bits per heavy atom. The fourth-order valence-corrected chi connectivity index (χ4v) is 2.63. The van der Waals surface area contributed by atoms with E-state index >= 15 is 0 Å². The quantitative estimate of drug-likeness (QED) is 0.870. The van der Waals surface area contributed by atoms with E-state index in [1.807, 2.05) is 6.07 Å². The summed E-state index contributed by atoms with van der Waals surface area (Å²) in [5, 5.41) is 4.33. The maximum absolute atomic E-state index is 6.06. The number of nitrogens with one attached hydrogen (secondary N) is 1. The van der Waals surface area contributed by atoms with E-state index in [2.05, 4.69) is 17.2 Å². The third kappa shape index (κ3) is 2.96. The standard InChI is InChI=1S/C13H19ClN2/c1-10(11-4-2-3-5-11)16-8-12-6-7-15-9-13(12)14/h6-7,9-11,16H,2-5,8H2,1H3. The van der Waals surface area contributed by atoms with Gasteiger partial charge in [-0.15, -0.1) is 0 Å². The summed E-state index contributed by atoms with van der Waals surface area (Å²) in [5.41, 5.74) is 1.14. The van der Waals surface area contributed by atoms with E-state index in [0.29, 0.717) is 6.04 Å². The number of pyridine rings is 1. The second-order valence-electron chi connectivity index (χ2n) is 4.68. The van der Waals surface area contributed by atoms with Crippen LogP contribution in [0.3, 0.4) is 0 Å². The normalized spacial score (nSPS) is 18.9. The first-order valence-electron chi connectivity index (χ1n) is 6.09. The van der Waals surface area contributed by atoms with Gasteiger partial charge in [-0.25, -0.2) is 0 Å². The lowest BCUT2D eigenvalue weighted by Crippen LogP contribution is -2.31. The molecule has 0 aliphatic heterocycles. The molecule has 1 aromatic rings. The van der Waals surface area contributed by atoms with Crippen LogP contribution in [0.1, 0.15) is 38.2 Å². The summed E-state index contributed by atoms with van der Waals surface area (Å²) in [6, 6.07) is 2.57. The van der Waals surface area contributed by atoms with E-state index in [9.17, 15) is 0 Å². The topological polar surface area (TPSA) is 24.9 Å². The van der Waals surface area contributed by atoms with Crippen LogP contribution in [0, 0.1) is 5.92 Å². The molecule has 1 N–H and O–H groups in total. The molecular formula is C13H19ClN2. The van der Waals surface area contributed by atoms with Crippen molar-refractivity contribution < 1.29 is 0 Å². The van der Waals surface area contributed by atoms with Gasteiger partial charge in [-0.3, -0.25) is 4.98 Å². The highest BCUT2D eigenvalue weighted by atomic mass is 35.5. The Balaban J connectivity index is 1.84. The van der Waals surface area contributed by atoms with E-state index in [4.69, 9.17) is 11.6 Å². The highest BCUT2D eigenvalue weighted by Crippen LogP contribution is 2.27. The smallest absolute Gasteiger partial charge is 0.0634 e. The summed E-state index contributed by atoms with van der Waals surface area (Å²) >= 11 is 6.06. The van der Waals surface area contributed by atoms with Gasteiger partial charge < -0.3 is 5.32 Å². The molecule has 1 aliphatic rings. The van der Waals surface area contributed by atoms with Gasteiger partial charge in [-0.1, -0.05) is 24.4 Å². The first-order valence-corrected chi connectivity index (χ1v) is 6.47. The zero-order valence-corrected chi connectivity index (χ0v) is 10.5. The van der Waals surface area contributed by atoms with Crippen molar-refractivity contribution in [2.75, 3.05) is 0 Å². The zero-order valence-electron chi connectivity index (χ0n) is 9.75. The molecule has 1 fully saturated rings. The molecular weight excluding hydrogens is 220 g/mol. The van der Waals surface area contributed by atoms with Crippen LogP contribution in [0.4, 0.5) is 0 Å². The van der Waals surface area contributed by atoms with Crippen molar-refractivity contribution in [1.29, 1.82) is 0 Å². The van der Waals surface area contributed by atoms with Gasteiger partial charge in [0.15, 0.2) is 0 Å². The maximum atomic E-state index is 6.06. The molecule has 16 heavy (non-hydrogen) atoms. The molecule has 2 rings (SSSR count). The summed E-state index contributed by atoms with van der Waals surface area (Å²) < 4.78 is 0. The fourth-order valence-electron chi connectivity index (χ4n) is 2.44. The predicted octanol–water partition coefficient (Wildman–Crippen LogP) is 3.40. The summed E-state index contributed by atoms with van der Waals surface area (Å²) in [5.74, 6) is 0.848. The lowest BCUT2D eigenvalue weighted by molar-refractivity contribution is 0.380. The minimum atomic E-state index is 0.590. The molecule has 0 bridgehead atoms. The van der Waals surface area contributed by atoms with Gasteiger partial charge in [0.2, 0.25) is 0 Å². The first kappa shape index (κ1) is 11.9. The van der Waals surface area contributed by atoms with Crippen LogP contribution in [0.25, 0.3) is 0 Å².